The van der Waals surface area contributed by atoms with Crippen molar-refractivity contribution in [3.05, 3.63) is 32.3 Å². The van der Waals surface area contributed by atoms with Gasteiger partial charge in [0.05, 0.1) is 21.6 Å². The normalized spacial score (nSPS) is 10.2. The minimum atomic E-state index is -0.563. The highest BCUT2D eigenvalue weighted by Crippen LogP contribution is 2.33. The molecule has 0 saturated heterocycles. The van der Waals surface area contributed by atoms with Crippen molar-refractivity contribution in [3.8, 4) is 5.75 Å². The summed E-state index contributed by atoms with van der Waals surface area (Å²) in [5, 5.41) is 10.6. The van der Waals surface area contributed by atoms with Crippen LogP contribution >= 0.6 is 15.9 Å². The number of hydrogen-bond donors (Lipinski definition) is 0. The molecule has 0 aliphatic carbocycles. The molecule has 0 amide bonds. The number of ether oxygens (including phenoxy) is 1. The van der Waals surface area contributed by atoms with Crippen molar-refractivity contribution in [2.45, 2.75) is 20.0 Å². The second kappa shape index (κ2) is 5.07. The third kappa shape index (κ3) is 2.79. The Morgan fingerprint density at radius 2 is 2.12 bits per heavy atom. The minimum absolute atomic E-state index is 0.127. The number of nitrogens with zero attached hydrogens (tertiary/aromatic N) is 1. The maximum absolute atomic E-state index is 10.7. The van der Waals surface area contributed by atoms with Crippen LogP contribution in [0.3, 0.4) is 0 Å². The van der Waals surface area contributed by atoms with E-state index < -0.39 is 4.92 Å². The maximum Gasteiger partial charge on any atom is 0.273 e. The molecule has 0 N–H and O–H groups in total. The molecule has 0 bridgehead atoms. The average Bonchev–Trinajstić information content (AvgIpc) is 2.20. The van der Waals surface area contributed by atoms with Crippen molar-refractivity contribution in [2.75, 3.05) is 0 Å². The highest BCUT2D eigenvalue weighted by atomic mass is 79.9. The molecule has 86 valence electrons. The van der Waals surface area contributed by atoms with Crippen LogP contribution in [-0.4, -0.2) is 17.3 Å². The third-order valence-corrected chi connectivity index (χ3v) is 2.60. The van der Waals surface area contributed by atoms with E-state index >= 15 is 0 Å². The average molecular weight is 288 g/mol. The number of nitro groups is 1. The zero-order valence-corrected chi connectivity index (χ0v) is 10.4. The van der Waals surface area contributed by atoms with Crippen molar-refractivity contribution < 1.29 is 14.5 Å². The van der Waals surface area contributed by atoms with Gasteiger partial charge in [0.2, 0.25) is 0 Å². The van der Waals surface area contributed by atoms with Crippen LogP contribution in [-0.2, 0) is 0 Å². The Morgan fingerprint density at radius 3 is 2.56 bits per heavy atom. The van der Waals surface area contributed by atoms with Crippen LogP contribution in [0, 0.1) is 10.1 Å². The summed E-state index contributed by atoms with van der Waals surface area (Å²) >= 11 is 3.17. The lowest BCUT2D eigenvalue weighted by atomic mass is 10.2. The van der Waals surface area contributed by atoms with E-state index in [1.54, 1.807) is 13.8 Å². The molecule has 1 aromatic carbocycles. The van der Waals surface area contributed by atoms with Crippen LogP contribution in [0.5, 0.6) is 5.75 Å². The summed E-state index contributed by atoms with van der Waals surface area (Å²) in [7, 11) is 0. The molecule has 0 aliphatic rings. The lowest BCUT2D eigenvalue weighted by Crippen LogP contribution is -2.07. The van der Waals surface area contributed by atoms with Gasteiger partial charge in [-0.25, -0.2) is 0 Å². The number of nitro benzene ring substituents is 1. The molecular weight excluding hydrogens is 278 g/mol. The summed E-state index contributed by atoms with van der Waals surface area (Å²) in [4.78, 5) is 20.8. The number of hydrogen-bond acceptors (Lipinski definition) is 4. The van der Waals surface area contributed by atoms with Crippen LogP contribution in [0.15, 0.2) is 16.6 Å². The molecule has 6 heteroatoms. The standard InChI is InChI=1S/C10H10BrNO4/c1-6(2)16-9-4-8(12(14)15)3-7(5-13)10(9)11/h3-6H,1-2H3. The zero-order valence-electron chi connectivity index (χ0n) is 8.77. The maximum atomic E-state index is 10.7. The van der Waals surface area contributed by atoms with Gasteiger partial charge in [-0.05, 0) is 29.8 Å². The van der Waals surface area contributed by atoms with Crippen LogP contribution in [0.25, 0.3) is 0 Å². The van der Waals surface area contributed by atoms with Crippen LogP contribution in [0.1, 0.15) is 24.2 Å². The molecule has 0 aliphatic heterocycles. The van der Waals surface area contributed by atoms with Gasteiger partial charge in [0, 0.05) is 11.6 Å². The second-order valence-electron chi connectivity index (χ2n) is 3.39. The van der Waals surface area contributed by atoms with E-state index in [9.17, 15) is 14.9 Å². The van der Waals surface area contributed by atoms with E-state index in [4.69, 9.17) is 4.74 Å². The number of benzene rings is 1. The van der Waals surface area contributed by atoms with Crippen LogP contribution < -0.4 is 4.74 Å². The summed E-state index contributed by atoms with van der Waals surface area (Å²) in [6, 6.07) is 2.49. The van der Waals surface area contributed by atoms with Gasteiger partial charge in [-0.1, -0.05) is 0 Å². The topological polar surface area (TPSA) is 69.4 Å². The molecule has 0 radical (unpaired) electrons. The van der Waals surface area contributed by atoms with Crippen molar-refractivity contribution in [3.63, 3.8) is 0 Å². The van der Waals surface area contributed by atoms with E-state index in [1.807, 2.05) is 0 Å². The summed E-state index contributed by atoms with van der Waals surface area (Å²) in [6.07, 6.45) is 0.419. The molecule has 0 saturated carbocycles. The first kappa shape index (κ1) is 12.6. The molecule has 0 heterocycles. The van der Waals surface area contributed by atoms with Gasteiger partial charge in [-0.3, -0.25) is 14.9 Å². The minimum Gasteiger partial charge on any atom is -0.490 e. The van der Waals surface area contributed by atoms with Gasteiger partial charge in [0.1, 0.15) is 5.75 Å². The lowest BCUT2D eigenvalue weighted by Gasteiger charge is -2.12. The highest BCUT2D eigenvalue weighted by molar-refractivity contribution is 9.10. The molecule has 0 aromatic heterocycles. The Bertz CT molecular complexity index is 431. The van der Waals surface area contributed by atoms with Gasteiger partial charge in [-0.2, -0.15) is 0 Å². The molecule has 1 rings (SSSR count). The van der Waals surface area contributed by atoms with E-state index in [2.05, 4.69) is 15.9 Å². The fourth-order valence-electron chi connectivity index (χ4n) is 1.14. The summed E-state index contributed by atoms with van der Waals surface area (Å²) in [5.41, 5.74) is 0.0331. The van der Waals surface area contributed by atoms with Gasteiger partial charge < -0.3 is 4.74 Å². The molecule has 5 nitrogen and oxygen atoms in total. The first-order chi connectivity index (χ1) is 7.45. The third-order valence-electron chi connectivity index (χ3n) is 1.75. The number of carbonyl (C=O) groups is 1. The monoisotopic (exact) mass is 287 g/mol. The fraction of sp³-hybridized carbons (Fsp3) is 0.300. The molecule has 1 aromatic rings. The van der Waals surface area contributed by atoms with Crippen molar-refractivity contribution in [1.82, 2.24) is 0 Å². The Kier molecular flexibility index (Phi) is 4.00. The van der Waals surface area contributed by atoms with Crippen molar-refractivity contribution in [1.29, 1.82) is 0 Å². The summed E-state index contributed by atoms with van der Waals surface area (Å²) in [6.45, 7) is 3.59. The molecule has 0 unspecified atom stereocenters. The number of halogens is 1. The molecule has 0 spiro atoms. The molecule has 0 atom stereocenters. The highest BCUT2D eigenvalue weighted by Gasteiger charge is 2.16. The van der Waals surface area contributed by atoms with E-state index in [0.717, 1.165) is 0 Å². The smallest absolute Gasteiger partial charge is 0.273 e. The first-order valence-electron chi connectivity index (χ1n) is 4.55. The zero-order chi connectivity index (χ0) is 12.3. The molecular formula is C10H10BrNO4. The molecule has 0 fully saturated rings. The largest absolute Gasteiger partial charge is 0.490 e. The van der Waals surface area contributed by atoms with Gasteiger partial charge in [0.25, 0.3) is 5.69 Å². The second-order valence-corrected chi connectivity index (χ2v) is 4.18. The van der Waals surface area contributed by atoms with Crippen LogP contribution in [0.4, 0.5) is 5.69 Å². The predicted molar refractivity (Wildman–Crippen MR) is 61.9 cm³/mol. The van der Waals surface area contributed by atoms with E-state index in [-0.39, 0.29) is 17.4 Å². The number of carbonyl (C=O) groups excluding carboxylic acids is 1. The van der Waals surface area contributed by atoms with Crippen LogP contribution in [0.2, 0.25) is 0 Å². The first-order valence-corrected chi connectivity index (χ1v) is 5.34. The summed E-state index contributed by atoms with van der Waals surface area (Å²) < 4.78 is 5.80. The van der Waals surface area contributed by atoms with E-state index in [0.29, 0.717) is 16.5 Å². The fourth-order valence-corrected chi connectivity index (χ4v) is 1.55. The Morgan fingerprint density at radius 1 is 1.50 bits per heavy atom. The van der Waals surface area contributed by atoms with Gasteiger partial charge >= 0.3 is 0 Å². The van der Waals surface area contributed by atoms with E-state index in [1.165, 1.54) is 12.1 Å². The number of non-ortho nitro benzene ring substituents is 1. The summed E-state index contributed by atoms with van der Waals surface area (Å²) in [5.74, 6) is 0.298. The number of rotatable bonds is 4. The lowest BCUT2D eigenvalue weighted by molar-refractivity contribution is -0.385. The van der Waals surface area contributed by atoms with Gasteiger partial charge in [0.15, 0.2) is 6.29 Å². The number of aldehydes is 1. The quantitative estimate of drug-likeness (QED) is 0.485. The van der Waals surface area contributed by atoms with Crippen molar-refractivity contribution in [2.24, 2.45) is 0 Å². The Hall–Kier alpha value is -1.43. The SMILES string of the molecule is CC(C)Oc1cc([N+](=O)[O-])cc(C=O)c1Br. The van der Waals surface area contributed by atoms with Crippen molar-refractivity contribution >= 4 is 27.9 Å². The predicted octanol–water partition coefficient (Wildman–Crippen LogP) is 2.96. The Balaban J connectivity index is 3.29. The molecule has 16 heavy (non-hydrogen) atoms. The Labute approximate surface area is 101 Å². The van der Waals surface area contributed by atoms with Gasteiger partial charge in [-0.15, -0.1) is 0 Å².